The SMILES string of the molecule is C=CCn1c(SCC(=O)N[C@@H]2CCS(=O)(=O)C2)nnc1-c1ccc(F)cc1. The zero-order chi connectivity index (χ0) is 19.4. The molecule has 0 saturated carbocycles. The van der Waals surface area contributed by atoms with Gasteiger partial charge in [0.05, 0.1) is 17.3 Å². The predicted octanol–water partition coefficient (Wildman–Crippen LogP) is 1.67. The minimum atomic E-state index is -3.04. The number of nitrogens with one attached hydrogen (secondary N) is 1. The van der Waals surface area contributed by atoms with Crippen LogP contribution in [0.5, 0.6) is 0 Å². The molecule has 1 saturated heterocycles. The van der Waals surface area contributed by atoms with Gasteiger partial charge in [0.2, 0.25) is 5.91 Å². The van der Waals surface area contributed by atoms with Crippen molar-refractivity contribution in [2.45, 2.75) is 24.2 Å². The minimum Gasteiger partial charge on any atom is -0.352 e. The van der Waals surface area contributed by atoms with Gasteiger partial charge in [-0.05, 0) is 30.7 Å². The van der Waals surface area contributed by atoms with Crippen molar-refractivity contribution in [3.8, 4) is 11.4 Å². The molecule has 3 rings (SSSR count). The van der Waals surface area contributed by atoms with Crippen LogP contribution in [0.4, 0.5) is 4.39 Å². The van der Waals surface area contributed by atoms with Crippen LogP contribution >= 0.6 is 11.8 Å². The number of nitrogens with zero attached hydrogens (tertiary/aromatic N) is 3. The summed E-state index contributed by atoms with van der Waals surface area (Å²) in [5.74, 6) is 0.159. The lowest BCUT2D eigenvalue weighted by Gasteiger charge is -2.11. The maximum atomic E-state index is 13.1. The number of sulfone groups is 1. The van der Waals surface area contributed by atoms with E-state index < -0.39 is 9.84 Å². The Hall–Kier alpha value is -2.20. The highest BCUT2D eigenvalue weighted by Crippen LogP contribution is 2.24. The molecule has 1 aromatic heterocycles. The number of thioether (sulfide) groups is 1. The van der Waals surface area contributed by atoms with E-state index >= 15 is 0 Å². The highest BCUT2D eigenvalue weighted by molar-refractivity contribution is 7.99. The first kappa shape index (κ1) is 19.6. The van der Waals surface area contributed by atoms with Crippen molar-refractivity contribution in [2.75, 3.05) is 17.3 Å². The number of hydrogen-bond donors (Lipinski definition) is 1. The first-order valence-electron chi connectivity index (χ1n) is 8.30. The van der Waals surface area contributed by atoms with Crippen LogP contribution in [0, 0.1) is 5.82 Å². The van der Waals surface area contributed by atoms with Crippen LogP contribution in [-0.2, 0) is 21.2 Å². The molecule has 0 bridgehead atoms. The molecule has 2 aromatic rings. The van der Waals surface area contributed by atoms with Gasteiger partial charge in [-0.1, -0.05) is 17.8 Å². The third-order valence-electron chi connectivity index (χ3n) is 4.06. The van der Waals surface area contributed by atoms with Crippen LogP contribution in [-0.4, -0.2) is 52.4 Å². The fraction of sp³-hybridized carbons (Fsp3) is 0.353. The average Bonchev–Trinajstić information content (AvgIpc) is 3.17. The first-order chi connectivity index (χ1) is 12.9. The predicted molar refractivity (Wildman–Crippen MR) is 102 cm³/mol. The van der Waals surface area contributed by atoms with Crippen LogP contribution in [0.25, 0.3) is 11.4 Å². The third-order valence-corrected chi connectivity index (χ3v) is 6.80. The number of benzene rings is 1. The summed E-state index contributed by atoms with van der Waals surface area (Å²) in [6.07, 6.45) is 2.13. The highest BCUT2D eigenvalue weighted by Gasteiger charge is 2.29. The van der Waals surface area contributed by atoms with Crippen molar-refractivity contribution in [1.29, 1.82) is 0 Å². The molecule has 0 spiro atoms. The Bertz CT molecular complexity index is 942. The molecule has 1 aliphatic heterocycles. The van der Waals surface area contributed by atoms with Crippen LogP contribution in [0.3, 0.4) is 0 Å². The van der Waals surface area contributed by atoms with Gasteiger partial charge in [-0.15, -0.1) is 16.8 Å². The van der Waals surface area contributed by atoms with E-state index in [-0.39, 0.29) is 35.0 Å². The molecule has 1 fully saturated rings. The number of rotatable bonds is 7. The second-order valence-corrected chi connectivity index (χ2v) is 9.34. The number of hydrogen-bond acceptors (Lipinski definition) is 6. The van der Waals surface area contributed by atoms with E-state index in [1.165, 1.54) is 23.9 Å². The number of carbonyl (C=O) groups excluding carboxylic acids is 1. The van der Waals surface area contributed by atoms with Crippen molar-refractivity contribution >= 4 is 27.5 Å². The number of aromatic nitrogens is 3. The Balaban J connectivity index is 1.67. The topological polar surface area (TPSA) is 94.0 Å². The second kappa shape index (κ2) is 8.22. The smallest absolute Gasteiger partial charge is 0.230 e. The van der Waals surface area contributed by atoms with Gasteiger partial charge in [-0.25, -0.2) is 12.8 Å². The summed E-state index contributed by atoms with van der Waals surface area (Å²) in [6, 6.07) is 5.58. The number of allylic oxidation sites excluding steroid dienone is 1. The normalized spacial score (nSPS) is 18.3. The van der Waals surface area contributed by atoms with E-state index in [0.29, 0.717) is 29.5 Å². The molecular formula is C17H19FN4O3S2. The first-order valence-corrected chi connectivity index (χ1v) is 11.1. The number of amides is 1. The van der Waals surface area contributed by atoms with Gasteiger partial charge in [-0.2, -0.15) is 0 Å². The Morgan fingerprint density at radius 3 is 2.74 bits per heavy atom. The lowest BCUT2D eigenvalue weighted by Crippen LogP contribution is -2.36. The highest BCUT2D eigenvalue weighted by atomic mass is 32.2. The van der Waals surface area contributed by atoms with Crippen molar-refractivity contribution in [3.05, 3.63) is 42.7 Å². The molecule has 27 heavy (non-hydrogen) atoms. The van der Waals surface area contributed by atoms with E-state index in [1.807, 2.05) is 0 Å². The van der Waals surface area contributed by atoms with E-state index in [9.17, 15) is 17.6 Å². The molecule has 0 aliphatic carbocycles. The zero-order valence-corrected chi connectivity index (χ0v) is 16.1. The minimum absolute atomic E-state index is 0.00916. The van der Waals surface area contributed by atoms with Gasteiger partial charge >= 0.3 is 0 Å². The standard InChI is InChI=1S/C17H19FN4O3S2/c1-2-8-22-16(12-3-5-13(18)6-4-12)20-21-17(22)26-10-15(23)19-14-7-9-27(24,25)11-14/h2-6,14H,1,7-11H2,(H,19,23)/t14-/m1/s1. The largest absolute Gasteiger partial charge is 0.352 e. The number of carbonyl (C=O) groups is 1. The summed E-state index contributed by atoms with van der Waals surface area (Å²) in [4.78, 5) is 12.1. The quantitative estimate of drug-likeness (QED) is 0.551. The molecule has 2 heterocycles. The van der Waals surface area contributed by atoms with Crippen molar-refractivity contribution in [1.82, 2.24) is 20.1 Å². The summed E-state index contributed by atoms with van der Waals surface area (Å²) in [7, 11) is -3.04. The van der Waals surface area contributed by atoms with E-state index in [1.54, 1.807) is 22.8 Å². The maximum absolute atomic E-state index is 13.1. The molecular weight excluding hydrogens is 391 g/mol. The van der Waals surface area contributed by atoms with Gasteiger partial charge in [0.15, 0.2) is 20.8 Å². The molecule has 144 valence electrons. The van der Waals surface area contributed by atoms with Gasteiger partial charge < -0.3 is 5.32 Å². The van der Waals surface area contributed by atoms with Gasteiger partial charge in [0.25, 0.3) is 0 Å². The molecule has 1 atom stereocenters. The summed E-state index contributed by atoms with van der Waals surface area (Å²) in [5.41, 5.74) is 0.707. The zero-order valence-electron chi connectivity index (χ0n) is 14.5. The van der Waals surface area contributed by atoms with Gasteiger partial charge in [0, 0.05) is 18.2 Å². The lowest BCUT2D eigenvalue weighted by atomic mass is 10.2. The Morgan fingerprint density at radius 2 is 2.11 bits per heavy atom. The molecule has 1 aliphatic rings. The van der Waals surface area contributed by atoms with E-state index in [0.717, 1.165) is 0 Å². The van der Waals surface area contributed by atoms with Crippen molar-refractivity contribution in [2.24, 2.45) is 0 Å². The summed E-state index contributed by atoms with van der Waals surface area (Å²) in [6.45, 7) is 4.16. The summed E-state index contributed by atoms with van der Waals surface area (Å²) in [5, 5.41) is 11.5. The maximum Gasteiger partial charge on any atom is 0.230 e. The molecule has 1 aromatic carbocycles. The Labute approximate surface area is 161 Å². The molecule has 7 nitrogen and oxygen atoms in total. The van der Waals surface area contributed by atoms with Crippen molar-refractivity contribution in [3.63, 3.8) is 0 Å². The van der Waals surface area contributed by atoms with Crippen LogP contribution in [0.1, 0.15) is 6.42 Å². The fourth-order valence-corrected chi connectivity index (χ4v) is 5.24. The molecule has 0 unspecified atom stereocenters. The molecule has 0 radical (unpaired) electrons. The lowest BCUT2D eigenvalue weighted by molar-refractivity contribution is -0.119. The van der Waals surface area contributed by atoms with Crippen LogP contribution < -0.4 is 5.32 Å². The van der Waals surface area contributed by atoms with Gasteiger partial charge in [-0.3, -0.25) is 9.36 Å². The Morgan fingerprint density at radius 1 is 1.37 bits per heavy atom. The Kier molecular flexibility index (Phi) is 5.95. The third kappa shape index (κ3) is 4.95. The monoisotopic (exact) mass is 410 g/mol. The van der Waals surface area contributed by atoms with Crippen molar-refractivity contribution < 1.29 is 17.6 Å². The molecule has 1 N–H and O–H groups in total. The second-order valence-electron chi connectivity index (χ2n) is 6.17. The van der Waals surface area contributed by atoms with E-state index in [2.05, 4.69) is 22.1 Å². The average molecular weight is 410 g/mol. The summed E-state index contributed by atoms with van der Waals surface area (Å²) < 4.78 is 37.9. The number of halogens is 1. The van der Waals surface area contributed by atoms with E-state index in [4.69, 9.17) is 0 Å². The molecule has 10 heteroatoms. The molecule has 1 amide bonds. The van der Waals surface area contributed by atoms with Gasteiger partial charge in [0.1, 0.15) is 5.82 Å². The van der Waals surface area contributed by atoms with Crippen LogP contribution in [0.15, 0.2) is 42.1 Å². The van der Waals surface area contributed by atoms with Crippen LogP contribution in [0.2, 0.25) is 0 Å². The summed E-state index contributed by atoms with van der Waals surface area (Å²) >= 11 is 1.20. The fourth-order valence-electron chi connectivity index (χ4n) is 2.81.